The Morgan fingerprint density at radius 2 is 1.91 bits per heavy atom. The van der Waals surface area contributed by atoms with Crippen molar-refractivity contribution in [2.45, 2.75) is 38.1 Å². The molecule has 3 atom stereocenters. The summed E-state index contributed by atoms with van der Waals surface area (Å²) in [5.41, 5.74) is 0.163. The molecule has 0 bridgehead atoms. The fourth-order valence-corrected chi connectivity index (χ4v) is 2.58. The number of nitrogens with one attached hydrogen (secondary N) is 1. The molecule has 1 aliphatic rings. The molecule has 0 radical (unpaired) electrons. The summed E-state index contributed by atoms with van der Waals surface area (Å²) < 4.78 is 9.91. The average molecular weight is 305 g/mol. The van der Waals surface area contributed by atoms with Crippen molar-refractivity contribution in [1.29, 1.82) is 0 Å². The van der Waals surface area contributed by atoms with Crippen molar-refractivity contribution in [1.82, 2.24) is 5.32 Å². The van der Waals surface area contributed by atoms with Gasteiger partial charge in [-0.3, -0.25) is 4.79 Å². The highest BCUT2D eigenvalue weighted by Crippen LogP contribution is 2.48. The fourth-order valence-electron chi connectivity index (χ4n) is 2.58. The van der Waals surface area contributed by atoms with E-state index in [0.717, 1.165) is 17.7 Å². The van der Waals surface area contributed by atoms with E-state index >= 15 is 0 Å². The summed E-state index contributed by atoms with van der Waals surface area (Å²) >= 11 is 0. The second kappa shape index (κ2) is 6.38. The molecule has 1 fully saturated rings. The van der Waals surface area contributed by atoms with E-state index in [9.17, 15) is 9.59 Å². The molecule has 120 valence electrons. The summed E-state index contributed by atoms with van der Waals surface area (Å²) in [4.78, 5) is 24.2. The van der Waals surface area contributed by atoms with Crippen LogP contribution in [0.15, 0.2) is 24.3 Å². The number of hydrogen-bond acceptors (Lipinski definition) is 4. The molecule has 1 saturated carbocycles. The summed E-state index contributed by atoms with van der Waals surface area (Å²) in [5, 5.41) is 2.84. The largest absolute Gasteiger partial charge is 0.497 e. The lowest BCUT2D eigenvalue weighted by Crippen LogP contribution is -2.52. The number of carbonyl (C=O) groups excluding carboxylic acids is 2. The molecule has 0 aliphatic heterocycles. The third-order valence-electron chi connectivity index (χ3n) is 4.41. The summed E-state index contributed by atoms with van der Waals surface area (Å²) in [6, 6.07) is 7.76. The second-order valence-corrected chi connectivity index (χ2v) is 5.89. The molecule has 5 nitrogen and oxygen atoms in total. The number of esters is 1. The maximum Gasteiger partial charge on any atom is 0.331 e. The van der Waals surface area contributed by atoms with Gasteiger partial charge in [0.25, 0.3) is 0 Å². The van der Waals surface area contributed by atoms with Crippen LogP contribution in [-0.4, -0.2) is 31.6 Å². The van der Waals surface area contributed by atoms with Crippen LogP contribution in [-0.2, 0) is 14.3 Å². The van der Waals surface area contributed by atoms with Crippen LogP contribution >= 0.6 is 0 Å². The molecule has 0 heterocycles. The molecule has 0 spiro atoms. The molecule has 5 heteroatoms. The lowest BCUT2D eigenvalue weighted by atomic mass is 9.98. The van der Waals surface area contributed by atoms with Gasteiger partial charge in [-0.25, -0.2) is 4.79 Å². The first kappa shape index (κ1) is 16.3. The van der Waals surface area contributed by atoms with Crippen molar-refractivity contribution < 1.29 is 19.1 Å². The van der Waals surface area contributed by atoms with Crippen molar-refractivity contribution in [2.24, 2.45) is 5.92 Å². The SMILES string of the molecule is CCC(C)(NC(=O)C1CC1c1ccc(OC)cc1)C(=O)OC. The van der Waals surface area contributed by atoms with E-state index in [-0.39, 0.29) is 17.7 Å². The molecule has 2 rings (SSSR count). The Labute approximate surface area is 131 Å². The normalized spacial score (nSPS) is 22.4. The van der Waals surface area contributed by atoms with E-state index in [4.69, 9.17) is 9.47 Å². The molecule has 1 aliphatic carbocycles. The first-order valence-corrected chi connectivity index (χ1v) is 7.49. The van der Waals surface area contributed by atoms with Gasteiger partial charge in [0.15, 0.2) is 0 Å². The number of methoxy groups -OCH3 is 2. The number of benzene rings is 1. The van der Waals surface area contributed by atoms with Gasteiger partial charge in [0.2, 0.25) is 5.91 Å². The predicted molar refractivity (Wildman–Crippen MR) is 82.7 cm³/mol. The van der Waals surface area contributed by atoms with Crippen LogP contribution in [0.2, 0.25) is 0 Å². The molecule has 3 unspecified atom stereocenters. The van der Waals surface area contributed by atoms with Crippen molar-refractivity contribution >= 4 is 11.9 Å². The molecular weight excluding hydrogens is 282 g/mol. The zero-order valence-corrected chi connectivity index (χ0v) is 13.5. The third kappa shape index (κ3) is 3.24. The second-order valence-electron chi connectivity index (χ2n) is 5.89. The minimum atomic E-state index is -0.959. The lowest BCUT2D eigenvalue weighted by Gasteiger charge is -2.26. The summed E-state index contributed by atoms with van der Waals surface area (Å²) in [6.07, 6.45) is 1.30. The van der Waals surface area contributed by atoms with Crippen molar-refractivity contribution in [3.8, 4) is 5.75 Å². The van der Waals surface area contributed by atoms with Crippen LogP contribution in [0.3, 0.4) is 0 Å². The van der Waals surface area contributed by atoms with Crippen LogP contribution in [0.4, 0.5) is 0 Å². The Morgan fingerprint density at radius 1 is 1.27 bits per heavy atom. The predicted octanol–water partition coefficient (Wildman–Crippen LogP) is 2.26. The van der Waals surface area contributed by atoms with Gasteiger partial charge in [0, 0.05) is 5.92 Å². The van der Waals surface area contributed by atoms with Gasteiger partial charge in [-0.05, 0) is 43.4 Å². The Balaban J connectivity index is 1.99. The quantitative estimate of drug-likeness (QED) is 0.819. The number of amides is 1. The highest BCUT2D eigenvalue weighted by Gasteiger charge is 2.46. The first-order valence-electron chi connectivity index (χ1n) is 7.49. The lowest BCUT2D eigenvalue weighted by molar-refractivity contribution is -0.150. The van der Waals surface area contributed by atoms with Crippen LogP contribution < -0.4 is 10.1 Å². The van der Waals surface area contributed by atoms with Crippen molar-refractivity contribution in [3.05, 3.63) is 29.8 Å². The van der Waals surface area contributed by atoms with Crippen LogP contribution in [0.25, 0.3) is 0 Å². The summed E-state index contributed by atoms with van der Waals surface area (Å²) in [5.74, 6) is 0.434. The van der Waals surface area contributed by atoms with Gasteiger partial charge < -0.3 is 14.8 Å². The number of rotatable bonds is 6. The highest BCUT2D eigenvalue weighted by atomic mass is 16.5. The highest BCUT2D eigenvalue weighted by molar-refractivity contribution is 5.90. The zero-order chi connectivity index (χ0) is 16.3. The minimum absolute atomic E-state index is 0.0797. The van der Waals surface area contributed by atoms with Gasteiger partial charge >= 0.3 is 5.97 Å². The molecular formula is C17H23NO4. The van der Waals surface area contributed by atoms with E-state index in [0.29, 0.717) is 6.42 Å². The van der Waals surface area contributed by atoms with Gasteiger partial charge in [0.1, 0.15) is 11.3 Å². The molecule has 1 N–H and O–H groups in total. The van der Waals surface area contributed by atoms with Gasteiger partial charge in [-0.2, -0.15) is 0 Å². The van der Waals surface area contributed by atoms with Crippen LogP contribution in [0.5, 0.6) is 5.75 Å². The number of carbonyl (C=O) groups is 2. The van der Waals surface area contributed by atoms with E-state index in [1.807, 2.05) is 31.2 Å². The van der Waals surface area contributed by atoms with E-state index < -0.39 is 11.5 Å². The Morgan fingerprint density at radius 3 is 2.41 bits per heavy atom. The van der Waals surface area contributed by atoms with E-state index in [1.165, 1.54) is 7.11 Å². The molecule has 22 heavy (non-hydrogen) atoms. The molecule has 0 aromatic heterocycles. The van der Waals surface area contributed by atoms with Gasteiger partial charge in [-0.1, -0.05) is 19.1 Å². The standard InChI is InChI=1S/C17H23NO4/c1-5-17(2,16(20)22-4)18-15(19)14-10-13(14)11-6-8-12(21-3)9-7-11/h6-9,13-14H,5,10H2,1-4H3,(H,18,19). The number of hydrogen-bond donors (Lipinski definition) is 1. The fraction of sp³-hybridized carbons (Fsp3) is 0.529. The third-order valence-corrected chi connectivity index (χ3v) is 4.41. The summed E-state index contributed by atoms with van der Waals surface area (Å²) in [7, 11) is 2.96. The molecule has 1 amide bonds. The topological polar surface area (TPSA) is 64.6 Å². The van der Waals surface area contributed by atoms with Crippen LogP contribution in [0, 0.1) is 5.92 Å². The first-order chi connectivity index (χ1) is 10.4. The monoisotopic (exact) mass is 305 g/mol. The average Bonchev–Trinajstić information content (AvgIpc) is 3.34. The smallest absolute Gasteiger partial charge is 0.331 e. The molecule has 1 aromatic rings. The number of ether oxygens (including phenoxy) is 2. The van der Waals surface area contributed by atoms with Crippen LogP contribution in [0.1, 0.15) is 38.2 Å². The van der Waals surface area contributed by atoms with E-state index in [2.05, 4.69) is 5.32 Å². The maximum absolute atomic E-state index is 12.4. The van der Waals surface area contributed by atoms with Gasteiger partial charge in [0.05, 0.1) is 14.2 Å². The maximum atomic E-state index is 12.4. The van der Waals surface area contributed by atoms with Gasteiger partial charge in [-0.15, -0.1) is 0 Å². The molecule has 1 aromatic carbocycles. The zero-order valence-electron chi connectivity index (χ0n) is 13.5. The Bertz CT molecular complexity index is 554. The molecule has 0 saturated heterocycles. The Hall–Kier alpha value is -2.04. The summed E-state index contributed by atoms with van der Waals surface area (Å²) in [6.45, 7) is 3.55. The van der Waals surface area contributed by atoms with Crippen molar-refractivity contribution in [2.75, 3.05) is 14.2 Å². The minimum Gasteiger partial charge on any atom is -0.497 e. The Kier molecular flexibility index (Phi) is 4.74. The van der Waals surface area contributed by atoms with Crippen molar-refractivity contribution in [3.63, 3.8) is 0 Å². The van der Waals surface area contributed by atoms with E-state index in [1.54, 1.807) is 14.0 Å².